The molecule has 2 heteroatoms. The number of likely N-dealkylation sites (N-methyl/N-ethyl adjacent to an activating group) is 2. The minimum atomic E-state index is 0.443. The van der Waals surface area contributed by atoms with Crippen LogP contribution in [-0.2, 0) is 0 Å². The molecule has 2 nitrogen and oxygen atoms in total. The Morgan fingerprint density at radius 3 is 2.55 bits per heavy atom. The molecule has 0 radical (unpaired) electrons. The van der Waals surface area contributed by atoms with Gasteiger partial charge in [0.05, 0.1) is 0 Å². The molecule has 0 aliphatic heterocycles. The molecule has 1 aromatic rings. The van der Waals surface area contributed by atoms with Crippen molar-refractivity contribution in [2.24, 2.45) is 11.8 Å². The standard InChI is InChI=1S/C18H30N2/c1-6-19-18(12-20(5)11-17-10-15(17)4)16-8-7-13(2)14(3)9-16/h7-9,15,17-19H,6,10-12H2,1-5H3. The Labute approximate surface area is 124 Å². The first kappa shape index (κ1) is 15.5. The van der Waals surface area contributed by atoms with Gasteiger partial charge < -0.3 is 10.2 Å². The monoisotopic (exact) mass is 274 g/mol. The summed E-state index contributed by atoms with van der Waals surface area (Å²) in [5, 5.41) is 3.64. The molecule has 0 spiro atoms. The van der Waals surface area contributed by atoms with Crippen LogP contribution in [0.1, 0.15) is 43.0 Å². The van der Waals surface area contributed by atoms with Crippen LogP contribution in [0, 0.1) is 25.7 Å². The van der Waals surface area contributed by atoms with E-state index in [1.165, 1.54) is 29.7 Å². The van der Waals surface area contributed by atoms with E-state index in [4.69, 9.17) is 0 Å². The lowest BCUT2D eigenvalue weighted by atomic mass is 10.0. The summed E-state index contributed by atoms with van der Waals surface area (Å²) in [5.41, 5.74) is 4.19. The van der Waals surface area contributed by atoms with Crippen LogP contribution in [0.3, 0.4) is 0 Å². The zero-order valence-corrected chi connectivity index (χ0v) is 13.7. The topological polar surface area (TPSA) is 15.3 Å². The lowest BCUT2D eigenvalue weighted by molar-refractivity contribution is 0.278. The maximum Gasteiger partial charge on any atom is 0.0449 e. The molecule has 3 atom stereocenters. The van der Waals surface area contributed by atoms with Crippen LogP contribution in [0.2, 0.25) is 0 Å². The number of hydrogen-bond acceptors (Lipinski definition) is 2. The first-order valence-electron chi connectivity index (χ1n) is 8.00. The Kier molecular flexibility index (Phi) is 5.22. The molecule has 1 aliphatic rings. The molecule has 0 aromatic heterocycles. The van der Waals surface area contributed by atoms with Crippen molar-refractivity contribution < 1.29 is 0 Å². The number of aryl methyl sites for hydroxylation is 2. The van der Waals surface area contributed by atoms with Crippen molar-refractivity contribution in [3.05, 3.63) is 34.9 Å². The average Bonchev–Trinajstić information content (AvgIpc) is 3.07. The Hall–Kier alpha value is -0.860. The van der Waals surface area contributed by atoms with E-state index < -0.39 is 0 Å². The highest BCUT2D eigenvalue weighted by molar-refractivity contribution is 5.31. The highest BCUT2D eigenvalue weighted by Crippen LogP contribution is 2.38. The highest BCUT2D eigenvalue weighted by atomic mass is 15.1. The van der Waals surface area contributed by atoms with Gasteiger partial charge in [0.1, 0.15) is 0 Å². The van der Waals surface area contributed by atoms with Crippen LogP contribution < -0.4 is 5.32 Å². The number of nitrogens with zero attached hydrogens (tertiary/aromatic N) is 1. The normalized spacial score (nSPS) is 23.1. The van der Waals surface area contributed by atoms with E-state index in [1.807, 2.05) is 0 Å². The van der Waals surface area contributed by atoms with Gasteiger partial charge in [-0.15, -0.1) is 0 Å². The molecule has 112 valence electrons. The van der Waals surface area contributed by atoms with E-state index in [0.717, 1.165) is 24.9 Å². The van der Waals surface area contributed by atoms with E-state index >= 15 is 0 Å². The van der Waals surface area contributed by atoms with E-state index in [2.05, 4.69) is 63.2 Å². The van der Waals surface area contributed by atoms with E-state index in [0.29, 0.717) is 6.04 Å². The largest absolute Gasteiger partial charge is 0.309 e. The van der Waals surface area contributed by atoms with Gasteiger partial charge in [-0.05, 0) is 62.4 Å². The van der Waals surface area contributed by atoms with Gasteiger partial charge in [-0.2, -0.15) is 0 Å². The number of benzene rings is 1. The minimum Gasteiger partial charge on any atom is -0.309 e. The fourth-order valence-corrected chi connectivity index (χ4v) is 2.96. The predicted octanol–water partition coefficient (Wildman–Crippen LogP) is 3.54. The van der Waals surface area contributed by atoms with Gasteiger partial charge in [0, 0.05) is 19.1 Å². The molecule has 0 amide bonds. The molecule has 1 aromatic carbocycles. The Morgan fingerprint density at radius 1 is 1.30 bits per heavy atom. The third kappa shape index (κ3) is 4.07. The molecule has 2 rings (SSSR count). The Balaban J connectivity index is 1.99. The van der Waals surface area contributed by atoms with Crippen LogP contribution in [-0.4, -0.2) is 31.6 Å². The molecule has 0 bridgehead atoms. The highest BCUT2D eigenvalue weighted by Gasteiger charge is 2.33. The van der Waals surface area contributed by atoms with Crippen molar-refractivity contribution in [1.29, 1.82) is 0 Å². The van der Waals surface area contributed by atoms with Gasteiger partial charge in [0.15, 0.2) is 0 Å². The van der Waals surface area contributed by atoms with E-state index in [1.54, 1.807) is 0 Å². The fourth-order valence-electron chi connectivity index (χ4n) is 2.96. The Bertz CT molecular complexity index is 441. The lowest BCUT2D eigenvalue weighted by Crippen LogP contribution is -2.34. The van der Waals surface area contributed by atoms with Crippen molar-refractivity contribution in [3.63, 3.8) is 0 Å². The summed E-state index contributed by atoms with van der Waals surface area (Å²) in [5.74, 6) is 1.87. The quantitative estimate of drug-likeness (QED) is 0.818. The van der Waals surface area contributed by atoms with Crippen molar-refractivity contribution >= 4 is 0 Å². The molecule has 1 N–H and O–H groups in total. The van der Waals surface area contributed by atoms with Gasteiger partial charge in [-0.1, -0.05) is 32.0 Å². The van der Waals surface area contributed by atoms with Crippen LogP contribution >= 0.6 is 0 Å². The van der Waals surface area contributed by atoms with Gasteiger partial charge in [0.25, 0.3) is 0 Å². The van der Waals surface area contributed by atoms with Crippen LogP contribution in [0.25, 0.3) is 0 Å². The minimum absolute atomic E-state index is 0.443. The molecule has 1 aliphatic carbocycles. The molecule has 0 saturated heterocycles. The van der Waals surface area contributed by atoms with Crippen molar-refractivity contribution in [3.8, 4) is 0 Å². The van der Waals surface area contributed by atoms with Crippen molar-refractivity contribution in [1.82, 2.24) is 10.2 Å². The van der Waals surface area contributed by atoms with Gasteiger partial charge in [0.2, 0.25) is 0 Å². The number of nitrogens with one attached hydrogen (secondary N) is 1. The third-order valence-electron chi connectivity index (χ3n) is 4.70. The van der Waals surface area contributed by atoms with Gasteiger partial charge in [-0.3, -0.25) is 0 Å². The summed E-state index contributed by atoms with van der Waals surface area (Å²) in [6, 6.07) is 7.32. The zero-order valence-electron chi connectivity index (χ0n) is 13.7. The number of rotatable bonds is 7. The fraction of sp³-hybridized carbons (Fsp3) is 0.667. The first-order chi connectivity index (χ1) is 9.51. The van der Waals surface area contributed by atoms with Crippen molar-refractivity contribution in [2.75, 3.05) is 26.7 Å². The van der Waals surface area contributed by atoms with Gasteiger partial charge >= 0.3 is 0 Å². The summed E-state index contributed by atoms with van der Waals surface area (Å²) in [7, 11) is 2.26. The molecule has 1 fully saturated rings. The maximum absolute atomic E-state index is 3.64. The molecule has 0 heterocycles. The lowest BCUT2D eigenvalue weighted by Gasteiger charge is -2.25. The third-order valence-corrected chi connectivity index (χ3v) is 4.70. The van der Waals surface area contributed by atoms with Crippen LogP contribution in [0.5, 0.6) is 0 Å². The van der Waals surface area contributed by atoms with Crippen molar-refractivity contribution in [2.45, 2.75) is 40.2 Å². The summed E-state index contributed by atoms with van der Waals surface area (Å²) < 4.78 is 0. The summed E-state index contributed by atoms with van der Waals surface area (Å²) in [6.45, 7) is 12.3. The predicted molar refractivity (Wildman–Crippen MR) is 87.1 cm³/mol. The Morgan fingerprint density at radius 2 is 2.00 bits per heavy atom. The summed E-state index contributed by atoms with van der Waals surface area (Å²) in [4.78, 5) is 2.50. The van der Waals surface area contributed by atoms with E-state index in [9.17, 15) is 0 Å². The second-order valence-corrected chi connectivity index (χ2v) is 6.65. The molecule has 20 heavy (non-hydrogen) atoms. The number of hydrogen-bond donors (Lipinski definition) is 1. The average molecular weight is 274 g/mol. The molecular weight excluding hydrogens is 244 g/mol. The smallest absolute Gasteiger partial charge is 0.0449 e. The SMILES string of the molecule is CCNC(CN(C)CC1CC1C)c1ccc(C)c(C)c1. The second-order valence-electron chi connectivity index (χ2n) is 6.65. The van der Waals surface area contributed by atoms with Gasteiger partial charge in [-0.25, -0.2) is 0 Å². The van der Waals surface area contributed by atoms with Crippen LogP contribution in [0.15, 0.2) is 18.2 Å². The summed E-state index contributed by atoms with van der Waals surface area (Å²) >= 11 is 0. The second kappa shape index (κ2) is 6.73. The first-order valence-corrected chi connectivity index (χ1v) is 8.00. The molecular formula is C18H30N2. The maximum atomic E-state index is 3.64. The zero-order chi connectivity index (χ0) is 14.7. The summed E-state index contributed by atoms with van der Waals surface area (Å²) in [6.07, 6.45) is 1.42. The molecule has 1 saturated carbocycles. The van der Waals surface area contributed by atoms with Crippen LogP contribution in [0.4, 0.5) is 0 Å². The molecule has 3 unspecified atom stereocenters. The van der Waals surface area contributed by atoms with E-state index in [-0.39, 0.29) is 0 Å².